The Balaban J connectivity index is 3.33. The van der Waals surface area contributed by atoms with Crippen molar-refractivity contribution in [2.75, 3.05) is 0 Å². The van der Waals surface area contributed by atoms with Gasteiger partial charge < -0.3 is 0 Å². The third kappa shape index (κ3) is 2.14. The second-order valence-corrected chi connectivity index (χ2v) is 4.59. The molecule has 0 amide bonds. The summed E-state index contributed by atoms with van der Waals surface area (Å²) in [6, 6.07) is 0. The number of halogens is 5. The number of aromatic nitrogens is 1. The van der Waals surface area contributed by atoms with E-state index in [1.807, 2.05) is 22.6 Å². The van der Waals surface area contributed by atoms with Crippen LogP contribution in [0.2, 0.25) is 0 Å². The van der Waals surface area contributed by atoms with Crippen molar-refractivity contribution in [3.63, 3.8) is 0 Å². The zero-order chi connectivity index (χ0) is 9.30. The lowest BCUT2D eigenvalue weighted by atomic mass is 10.3. The Kier molecular flexibility index (Phi) is 3.84. The van der Waals surface area contributed by atoms with Gasteiger partial charge in [0, 0.05) is 10.7 Å². The molecule has 0 aliphatic heterocycles. The van der Waals surface area contributed by atoms with E-state index in [0.29, 0.717) is 12.6 Å². The molecule has 0 bridgehead atoms. The molecule has 1 rings (SSSR count). The van der Waals surface area contributed by atoms with Crippen molar-refractivity contribution in [3.05, 3.63) is 24.4 Å². The molecule has 1 aromatic heterocycles. The van der Waals surface area contributed by atoms with E-state index in [4.69, 9.17) is 0 Å². The van der Waals surface area contributed by atoms with Crippen LogP contribution in [-0.4, -0.2) is 4.98 Å². The molecule has 0 N–H and O–H groups in total. The van der Waals surface area contributed by atoms with Gasteiger partial charge in [-0.25, -0.2) is 13.8 Å². The van der Waals surface area contributed by atoms with Crippen molar-refractivity contribution in [2.45, 2.75) is 6.43 Å². The molecule has 0 radical (unpaired) electrons. The monoisotopic (exact) mass is 411 g/mol. The average Bonchev–Trinajstić information content (AvgIpc) is 1.97. The molecule has 0 aliphatic carbocycles. The van der Waals surface area contributed by atoms with E-state index < -0.39 is 6.43 Å². The second-order valence-electron chi connectivity index (χ2n) is 1.93. The smallest absolute Gasteiger partial charge is 0.248 e. The number of rotatable bonds is 1. The van der Waals surface area contributed by atoms with Crippen LogP contribution in [0.25, 0.3) is 0 Å². The molecule has 0 aromatic carbocycles. The third-order valence-electron chi connectivity index (χ3n) is 1.18. The molecule has 1 heterocycles. The minimum Gasteiger partial charge on any atom is -0.248 e. The van der Waals surface area contributed by atoms with Gasteiger partial charge in [0.05, 0.1) is 10.0 Å². The standard InChI is InChI=1S/C6H2Br2F2IN/c7-2-1-12-6(11)4(8)3(2)5(9)10/h1,5H. The van der Waals surface area contributed by atoms with Crippen molar-refractivity contribution in [3.8, 4) is 0 Å². The first-order chi connectivity index (χ1) is 5.54. The van der Waals surface area contributed by atoms with Gasteiger partial charge in [0.25, 0.3) is 6.43 Å². The Morgan fingerprint density at radius 1 is 1.42 bits per heavy atom. The van der Waals surface area contributed by atoms with Crippen LogP contribution in [0.1, 0.15) is 12.0 Å². The fourth-order valence-electron chi connectivity index (χ4n) is 0.656. The van der Waals surface area contributed by atoms with Crippen molar-refractivity contribution >= 4 is 54.5 Å². The Morgan fingerprint density at radius 2 is 2.00 bits per heavy atom. The maximum Gasteiger partial charge on any atom is 0.266 e. The molecule has 6 heteroatoms. The first kappa shape index (κ1) is 10.8. The molecule has 12 heavy (non-hydrogen) atoms. The molecule has 0 atom stereocenters. The summed E-state index contributed by atoms with van der Waals surface area (Å²) in [6.45, 7) is 0. The van der Waals surface area contributed by atoms with E-state index in [2.05, 4.69) is 36.8 Å². The van der Waals surface area contributed by atoms with Crippen LogP contribution in [0.5, 0.6) is 0 Å². The van der Waals surface area contributed by atoms with E-state index in [-0.39, 0.29) is 5.56 Å². The molecule has 0 spiro atoms. The lowest BCUT2D eigenvalue weighted by Gasteiger charge is -2.06. The van der Waals surface area contributed by atoms with Gasteiger partial charge in [0.1, 0.15) is 3.70 Å². The highest BCUT2D eigenvalue weighted by atomic mass is 127. The summed E-state index contributed by atoms with van der Waals surface area (Å²) < 4.78 is 26.0. The molecular formula is C6H2Br2F2IN. The van der Waals surface area contributed by atoms with E-state index in [1.165, 1.54) is 6.20 Å². The first-order valence-corrected chi connectivity index (χ1v) is 5.48. The second kappa shape index (κ2) is 4.28. The van der Waals surface area contributed by atoms with Gasteiger partial charge in [-0.2, -0.15) is 0 Å². The van der Waals surface area contributed by atoms with Gasteiger partial charge in [-0.15, -0.1) is 0 Å². The Hall–Kier alpha value is 0.700. The summed E-state index contributed by atoms with van der Waals surface area (Å²) >= 11 is 7.95. The van der Waals surface area contributed by atoms with Gasteiger partial charge in [-0.1, -0.05) is 0 Å². The largest absolute Gasteiger partial charge is 0.266 e. The summed E-state index contributed by atoms with van der Waals surface area (Å²) in [7, 11) is 0. The highest BCUT2D eigenvalue weighted by Crippen LogP contribution is 2.35. The Morgan fingerprint density at radius 3 is 2.42 bits per heavy atom. The molecule has 0 aliphatic rings. The molecule has 66 valence electrons. The zero-order valence-electron chi connectivity index (χ0n) is 5.49. The summed E-state index contributed by atoms with van der Waals surface area (Å²) in [6.07, 6.45) is -1.13. The van der Waals surface area contributed by atoms with Crippen LogP contribution in [-0.2, 0) is 0 Å². The van der Waals surface area contributed by atoms with Gasteiger partial charge in [-0.3, -0.25) is 0 Å². The van der Waals surface area contributed by atoms with Crippen LogP contribution >= 0.6 is 54.5 Å². The number of pyridine rings is 1. The van der Waals surface area contributed by atoms with Crippen molar-refractivity contribution in [1.29, 1.82) is 0 Å². The Labute approximate surface area is 98.3 Å². The summed E-state index contributed by atoms with van der Waals surface area (Å²) in [4.78, 5) is 3.88. The van der Waals surface area contributed by atoms with E-state index in [1.54, 1.807) is 0 Å². The normalized spacial score (nSPS) is 10.8. The fraction of sp³-hybridized carbons (Fsp3) is 0.167. The topological polar surface area (TPSA) is 12.9 Å². The van der Waals surface area contributed by atoms with E-state index in [0.717, 1.165) is 0 Å². The summed E-state index contributed by atoms with van der Waals surface area (Å²) in [5, 5.41) is 0. The molecule has 1 nitrogen and oxygen atoms in total. The molecule has 0 unspecified atom stereocenters. The first-order valence-electron chi connectivity index (χ1n) is 2.81. The minimum absolute atomic E-state index is 0.0469. The minimum atomic E-state index is -2.50. The highest BCUT2D eigenvalue weighted by Gasteiger charge is 2.17. The number of alkyl halides is 2. The summed E-state index contributed by atoms with van der Waals surface area (Å²) in [5.41, 5.74) is -0.0469. The average molecular weight is 413 g/mol. The van der Waals surface area contributed by atoms with E-state index >= 15 is 0 Å². The van der Waals surface area contributed by atoms with Crippen molar-refractivity contribution in [1.82, 2.24) is 4.98 Å². The van der Waals surface area contributed by atoms with Gasteiger partial charge in [0.15, 0.2) is 0 Å². The molecule has 1 aromatic rings. The molecule has 0 saturated heterocycles. The molecular weight excluding hydrogens is 411 g/mol. The predicted octanol–water partition coefficient (Wildman–Crippen LogP) is 4.15. The zero-order valence-corrected chi connectivity index (χ0v) is 10.8. The quantitative estimate of drug-likeness (QED) is 0.499. The van der Waals surface area contributed by atoms with Crippen LogP contribution < -0.4 is 0 Å². The fourth-order valence-corrected chi connectivity index (χ4v) is 2.31. The van der Waals surface area contributed by atoms with Crippen molar-refractivity contribution in [2.24, 2.45) is 0 Å². The molecule has 0 saturated carbocycles. The summed E-state index contributed by atoms with van der Waals surface area (Å²) in [5.74, 6) is 0. The maximum atomic E-state index is 12.4. The van der Waals surface area contributed by atoms with Crippen LogP contribution in [0.3, 0.4) is 0 Å². The number of nitrogens with zero attached hydrogens (tertiary/aromatic N) is 1. The maximum absolute atomic E-state index is 12.4. The molecule has 0 fully saturated rings. The Bertz CT molecular complexity index is 306. The van der Waals surface area contributed by atoms with Crippen LogP contribution in [0, 0.1) is 3.70 Å². The number of hydrogen-bond acceptors (Lipinski definition) is 1. The number of hydrogen-bond donors (Lipinski definition) is 0. The predicted molar refractivity (Wildman–Crippen MR) is 57.3 cm³/mol. The van der Waals surface area contributed by atoms with Gasteiger partial charge >= 0.3 is 0 Å². The van der Waals surface area contributed by atoms with Crippen LogP contribution in [0.15, 0.2) is 15.1 Å². The van der Waals surface area contributed by atoms with Gasteiger partial charge in [0.2, 0.25) is 0 Å². The lowest BCUT2D eigenvalue weighted by molar-refractivity contribution is 0.149. The highest BCUT2D eigenvalue weighted by molar-refractivity contribution is 14.1. The lowest BCUT2D eigenvalue weighted by Crippen LogP contribution is -1.93. The van der Waals surface area contributed by atoms with Crippen LogP contribution in [0.4, 0.5) is 8.78 Å². The SMILES string of the molecule is FC(F)c1c(Br)cnc(I)c1Br. The van der Waals surface area contributed by atoms with E-state index in [9.17, 15) is 8.78 Å². The third-order valence-corrected chi connectivity index (χ3v) is 4.18. The van der Waals surface area contributed by atoms with Gasteiger partial charge in [-0.05, 0) is 54.5 Å². The van der Waals surface area contributed by atoms with Crippen molar-refractivity contribution < 1.29 is 8.78 Å².